The maximum atomic E-state index is 13.4. The Morgan fingerprint density at radius 2 is 1.90 bits per heavy atom. The first kappa shape index (κ1) is 20.6. The Hall–Kier alpha value is -2.70. The molecule has 0 aromatic heterocycles. The van der Waals surface area contributed by atoms with E-state index in [1.54, 1.807) is 48.0 Å². The van der Waals surface area contributed by atoms with Gasteiger partial charge in [-0.2, -0.15) is 0 Å². The van der Waals surface area contributed by atoms with Crippen molar-refractivity contribution in [1.82, 2.24) is 0 Å². The van der Waals surface area contributed by atoms with Crippen molar-refractivity contribution in [1.29, 1.82) is 0 Å². The third-order valence-corrected chi connectivity index (χ3v) is 6.19. The van der Waals surface area contributed by atoms with Gasteiger partial charge in [0.05, 0.1) is 12.9 Å². The first-order valence-corrected chi connectivity index (χ1v) is 10.7. The lowest BCUT2D eigenvalue weighted by Crippen LogP contribution is -2.27. The quantitative estimate of drug-likeness (QED) is 0.479. The van der Waals surface area contributed by atoms with Gasteiger partial charge in [0.1, 0.15) is 17.8 Å². The number of carbonyl (C=O) groups excluding carboxylic acids is 1. The fourth-order valence-corrected chi connectivity index (χ4v) is 4.59. The molecule has 3 aromatic carbocycles. The van der Waals surface area contributed by atoms with E-state index in [9.17, 15) is 9.18 Å². The molecule has 7 heteroatoms. The van der Waals surface area contributed by atoms with Crippen LogP contribution in [-0.4, -0.2) is 18.8 Å². The van der Waals surface area contributed by atoms with Gasteiger partial charge in [0.2, 0.25) is 5.91 Å². The van der Waals surface area contributed by atoms with E-state index >= 15 is 0 Å². The zero-order valence-electron chi connectivity index (χ0n) is 16.2. The molecule has 0 N–H and O–H groups in total. The molecule has 0 unspecified atom stereocenters. The van der Waals surface area contributed by atoms with E-state index in [4.69, 9.17) is 21.1 Å². The molecule has 0 radical (unpaired) electrons. The Kier molecular flexibility index (Phi) is 6.16. The summed E-state index contributed by atoms with van der Waals surface area (Å²) in [6.45, 7) is 0.223. The minimum atomic E-state index is -0.302. The van der Waals surface area contributed by atoms with Gasteiger partial charge in [0, 0.05) is 10.7 Å². The Labute approximate surface area is 183 Å². The summed E-state index contributed by atoms with van der Waals surface area (Å²) in [7, 11) is 1.57. The Balaban J connectivity index is 1.56. The smallest absolute Gasteiger partial charge is 0.238 e. The zero-order valence-corrected chi connectivity index (χ0v) is 17.8. The number of halogens is 2. The van der Waals surface area contributed by atoms with Crippen molar-refractivity contribution in [3.05, 3.63) is 88.7 Å². The maximum absolute atomic E-state index is 13.4. The summed E-state index contributed by atoms with van der Waals surface area (Å²) in [4.78, 5) is 14.3. The Bertz CT molecular complexity index is 1060. The van der Waals surface area contributed by atoms with Gasteiger partial charge in [-0.3, -0.25) is 9.69 Å². The Morgan fingerprint density at radius 1 is 1.10 bits per heavy atom. The monoisotopic (exact) mass is 443 g/mol. The topological polar surface area (TPSA) is 38.8 Å². The second-order valence-corrected chi connectivity index (χ2v) is 8.24. The van der Waals surface area contributed by atoms with Gasteiger partial charge in [-0.1, -0.05) is 29.8 Å². The molecule has 0 aliphatic carbocycles. The normalized spacial score (nSPS) is 16.0. The van der Waals surface area contributed by atoms with Crippen LogP contribution in [0.4, 0.5) is 10.1 Å². The third-order valence-electron chi connectivity index (χ3n) is 4.73. The van der Waals surface area contributed by atoms with Gasteiger partial charge in [0.25, 0.3) is 0 Å². The summed E-state index contributed by atoms with van der Waals surface area (Å²) >= 11 is 7.54. The molecular formula is C23H19ClFNO3S. The number of methoxy groups -OCH3 is 1. The molecule has 0 spiro atoms. The van der Waals surface area contributed by atoms with Gasteiger partial charge in [-0.05, 0) is 59.7 Å². The van der Waals surface area contributed by atoms with Gasteiger partial charge >= 0.3 is 0 Å². The standard InChI is InChI=1S/C23H19ClFNO3S/c1-28-21-12-16(5-10-20(21)29-13-15-3-2-4-18(25)11-15)23-26(22(27)14-30-23)19-8-6-17(24)7-9-19/h2-12,23H,13-14H2,1H3/t23-/m0/s1. The Morgan fingerprint density at radius 3 is 2.63 bits per heavy atom. The van der Waals surface area contributed by atoms with Gasteiger partial charge in [-0.15, -0.1) is 11.8 Å². The second-order valence-electron chi connectivity index (χ2n) is 6.73. The summed E-state index contributed by atoms with van der Waals surface area (Å²) in [6, 6.07) is 19.1. The van der Waals surface area contributed by atoms with Crippen LogP contribution in [0, 0.1) is 5.82 Å². The second kappa shape index (κ2) is 8.98. The molecule has 1 heterocycles. The van der Waals surface area contributed by atoms with E-state index < -0.39 is 0 Å². The fourth-order valence-electron chi connectivity index (χ4n) is 3.30. The predicted molar refractivity (Wildman–Crippen MR) is 118 cm³/mol. The molecule has 30 heavy (non-hydrogen) atoms. The number of nitrogens with zero attached hydrogens (tertiary/aromatic N) is 1. The molecule has 4 nitrogen and oxygen atoms in total. The van der Waals surface area contributed by atoms with Gasteiger partial charge in [0.15, 0.2) is 11.5 Å². The lowest BCUT2D eigenvalue weighted by Gasteiger charge is -2.25. The van der Waals surface area contributed by atoms with Crippen molar-refractivity contribution in [2.75, 3.05) is 17.8 Å². The molecule has 154 valence electrons. The van der Waals surface area contributed by atoms with Crippen LogP contribution in [0.2, 0.25) is 5.02 Å². The highest BCUT2D eigenvalue weighted by Crippen LogP contribution is 2.44. The van der Waals surface area contributed by atoms with E-state index in [0.29, 0.717) is 22.3 Å². The number of carbonyl (C=O) groups is 1. The molecule has 1 fully saturated rings. The maximum Gasteiger partial charge on any atom is 0.238 e. The number of thioether (sulfide) groups is 1. The number of amides is 1. The molecule has 1 atom stereocenters. The van der Waals surface area contributed by atoms with Crippen molar-refractivity contribution >= 4 is 35.0 Å². The van der Waals surface area contributed by atoms with Crippen LogP contribution in [0.5, 0.6) is 11.5 Å². The predicted octanol–water partition coefficient (Wildman–Crippen LogP) is 5.85. The molecule has 4 rings (SSSR count). The summed E-state index contributed by atoms with van der Waals surface area (Å²) in [5.41, 5.74) is 2.45. The van der Waals surface area contributed by atoms with E-state index in [1.165, 1.54) is 12.1 Å². The fraction of sp³-hybridized carbons (Fsp3) is 0.174. The first-order chi connectivity index (χ1) is 14.5. The first-order valence-electron chi connectivity index (χ1n) is 9.29. The number of ether oxygens (including phenoxy) is 2. The number of hydrogen-bond donors (Lipinski definition) is 0. The molecular weight excluding hydrogens is 425 g/mol. The highest BCUT2D eigenvalue weighted by Gasteiger charge is 2.34. The minimum Gasteiger partial charge on any atom is -0.493 e. The van der Waals surface area contributed by atoms with E-state index in [-0.39, 0.29) is 23.7 Å². The van der Waals surface area contributed by atoms with Gasteiger partial charge in [-0.25, -0.2) is 4.39 Å². The van der Waals surface area contributed by atoms with Crippen molar-refractivity contribution < 1.29 is 18.7 Å². The van der Waals surface area contributed by atoms with Crippen LogP contribution < -0.4 is 14.4 Å². The summed E-state index contributed by atoms with van der Waals surface area (Å²) in [5.74, 6) is 1.24. The van der Waals surface area contributed by atoms with Crippen LogP contribution in [0.25, 0.3) is 0 Å². The van der Waals surface area contributed by atoms with Crippen molar-refractivity contribution in [3.63, 3.8) is 0 Å². The lowest BCUT2D eigenvalue weighted by molar-refractivity contribution is -0.115. The van der Waals surface area contributed by atoms with Gasteiger partial charge < -0.3 is 9.47 Å². The van der Waals surface area contributed by atoms with Crippen molar-refractivity contribution in [2.24, 2.45) is 0 Å². The zero-order chi connectivity index (χ0) is 21.1. The molecule has 1 amide bonds. The van der Waals surface area contributed by atoms with E-state index in [1.807, 2.05) is 30.3 Å². The average Bonchev–Trinajstić information content (AvgIpc) is 3.14. The molecule has 0 saturated carbocycles. The number of hydrogen-bond acceptors (Lipinski definition) is 4. The van der Waals surface area contributed by atoms with Crippen LogP contribution in [-0.2, 0) is 11.4 Å². The molecule has 0 bridgehead atoms. The summed E-state index contributed by atoms with van der Waals surface area (Å²) in [5, 5.41) is 0.445. The van der Waals surface area contributed by atoms with E-state index in [0.717, 1.165) is 16.8 Å². The minimum absolute atomic E-state index is 0.0396. The van der Waals surface area contributed by atoms with Crippen molar-refractivity contribution in [2.45, 2.75) is 12.0 Å². The van der Waals surface area contributed by atoms with Crippen LogP contribution in [0.1, 0.15) is 16.5 Å². The summed E-state index contributed by atoms with van der Waals surface area (Å²) < 4.78 is 24.7. The number of benzene rings is 3. The largest absolute Gasteiger partial charge is 0.493 e. The molecule has 1 aliphatic heterocycles. The molecule has 1 aliphatic rings. The SMILES string of the molecule is COc1cc([C@@H]2SCC(=O)N2c2ccc(Cl)cc2)ccc1OCc1cccc(F)c1. The van der Waals surface area contributed by atoms with Crippen molar-refractivity contribution in [3.8, 4) is 11.5 Å². The van der Waals surface area contributed by atoms with Crippen LogP contribution in [0.15, 0.2) is 66.7 Å². The van der Waals surface area contributed by atoms with E-state index in [2.05, 4.69) is 0 Å². The highest BCUT2D eigenvalue weighted by atomic mass is 35.5. The number of anilines is 1. The molecule has 3 aromatic rings. The lowest BCUT2D eigenvalue weighted by atomic mass is 10.1. The average molecular weight is 444 g/mol. The highest BCUT2D eigenvalue weighted by molar-refractivity contribution is 8.00. The summed E-state index contributed by atoms with van der Waals surface area (Å²) in [6.07, 6.45) is 0. The van der Waals surface area contributed by atoms with Crippen LogP contribution >= 0.6 is 23.4 Å². The molecule has 1 saturated heterocycles. The van der Waals surface area contributed by atoms with Crippen LogP contribution in [0.3, 0.4) is 0 Å². The third kappa shape index (κ3) is 4.40. The number of rotatable bonds is 6.